The van der Waals surface area contributed by atoms with Crippen LogP contribution >= 0.6 is 0 Å². The molecule has 1 N–H and O–H groups in total. The van der Waals surface area contributed by atoms with Crippen molar-refractivity contribution in [3.63, 3.8) is 0 Å². The monoisotopic (exact) mass is 364 g/mol. The molecule has 1 amide bonds. The van der Waals surface area contributed by atoms with Crippen LogP contribution in [0.4, 0.5) is 0 Å². The summed E-state index contributed by atoms with van der Waals surface area (Å²) in [6.45, 7) is 1.92. The molecule has 138 valence electrons. The Hall–Kier alpha value is -1.40. The number of nitrogens with zero attached hydrogens (tertiary/aromatic N) is 1. The summed E-state index contributed by atoms with van der Waals surface area (Å²) < 4.78 is 26.5. The first-order chi connectivity index (χ1) is 12.0. The lowest BCUT2D eigenvalue weighted by Gasteiger charge is -2.35. The Balaban J connectivity index is 1.81. The number of nitrogens with one attached hydrogen (secondary N) is 1. The molecule has 0 radical (unpaired) electrons. The molecular weight excluding hydrogens is 336 g/mol. The molecule has 6 heteroatoms. The van der Waals surface area contributed by atoms with E-state index in [1.807, 2.05) is 24.3 Å². The molecule has 2 aliphatic rings. The van der Waals surface area contributed by atoms with Crippen LogP contribution in [0.2, 0.25) is 0 Å². The Morgan fingerprint density at radius 2 is 1.76 bits per heavy atom. The minimum atomic E-state index is -3.43. The molecule has 25 heavy (non-hydrogen) atoms. The Kier molecular flexibility index (Phi) is 5.79. The Morgan fingerprint density at radius 1 is 1.12 bits per heavy atom. The number of benzene rings is 1. The first kappa shape index (κ1) is 18.4. The Labute approximate surface area is 150 Å². The van der Waals surface area contributed by atoms with E-state index in [2.05, 4.69) is 5.32 Å². The molecule has 5 nitrogen and oxygen atoms in total. The lowest BCUT2D eigenvalue weighted by atomic mass is 9.95. The highest BCUT2D eigenvalue weighted by atomic mass is 32.2. The molecule has 1 unspecified atom stereocenters. The third-order valence-electron chi connectivity index (χ3n) is 5.43. The number of carbonyl (C=O) groups excluding carboxylic acids is 1. The van der Waals surface area contributed by atoms with E-state index in [9.17, 15) is 13.2 Å². The van der Waals surface area contributed by atoms with Crippen molar-refractivity contribution in [1.82, 2.24) is 9.62 Å². The quantitative estimate of drug-likeness (QED) is 0.835. The van der Waals surface area contributed by atoms with Gasteiger partial charge < -0.3 is 5.32 Å². The zero-order valence-corrected chi connectivity index (χ0v) is 15.7. The largest absolute Gasteiger partial charge is 0.352 e. The summed E-state index contributed by atoms with van der Waals surface area (Å²) in [5.41, 5.74) is 2.07. The maximum atomic E-state index is 12.9. The van der Waals surface area contributed by atoms with Gasteiger partial charge in [0.1, 0.15) is 6.04 Å². The summed E-state index contributed by atoms with van der Waals surface area (Å²) >= 11 is 0. The number of fused-ring (bicyclic) bond motifs is 1. The zero-order chi connectivity index (χ0) is 17.9. The number of hydrogen-bond acceptors (Lipinski definition) is 3. The third kappa shape index (κ3) is 4.23. The van der Waals surface area contributed by atoms with Crippen molar-refractivity contribution in [2.24, 2.45) is 0 Å². The molecule has 0 spiro atoms. The molecular formula is C19H28N2O3S. The second-order valence-electron chi connectivity index (χ2n) is 7.13. The van der Waals surface area contributed by atoms with Gasteiger partial charge in [0.25, 0.3) is 0 Å². The van der Waals surface area contributed by atoms with Gasteiger partial charge in [0.15, 0.2) is 0 Å². The van der Waals surface area contributed by atoms with Crippen LogP contribution in [0.15, 0.2) is 24.3 Å². The first-order valence-electron chi connectivity index (χ1n) is 9.38. The van der Waals surface area contributed by atoms with Gasteiger partial charge in [0.05, 0.1) is 5.75 Å². The maximum Gasteiger partial charge on any atom is 0.239 e. The number of rotatable bonds is 4. The second-order valence-corrected chi connectivity index (χ2v) is 9.34. The van der Waals surface area contributed by atoms with Crippen molar-refractivity contribution < 1.29 is 13.2 Å². The molecule has 0 saturated heterocycles. The van der Waals surface area contributed by atoms with Crippen LogP contribution in [0.1, 0.15) is 56.6 Å². The van der Waals surface area contributed by atoms with Gasteiger partial charge in [0, 0.05) is 12.6 Å². The molecule has 1 heterocycles. The molecule has 3 rings (SSSR count). The second kappa shape index (κ2) is 7.87. The molecule has 1 saturated carbocycles. The van der Waals surface area contributed by atoms with E-state index < -0.39 is 16.1 Å². The standard InChI is InChI=1S/C19H28N2O3S/c1-2-25(23,24)21-14-16-10-8-7-9-15(16)13-18(21)19(22)20-17-11-5-3-4-6-12-17/h7-10,17-18H,2-6,11-14H2,1H3,(H,20,22). The van der Waals surface area contributed by atoms with E-state index >= 15 is 0 Å². The van der Waals surface area contributed by atoms with Crippen LogP contribution in [0.5, 0.6) is 0 Å². The smallest absolute Gasteiger partial charge is 0.239 e. The summed E-state index contributed by atoms with van der Waals surface area (Å²) in [4.78, 5) is 12.9. The van der Waals surface area contributed by atoms with Crippen molar-refractivity contribution in [1.29, 1.82) is 0 Å². The molecule has 0 bridgehead atoms. The van der Waals surface area contributed by atoms with Crippen molar-refractivity contribution in [3.05, 3.63) is 35.4 Å². The van der Waals surface area contributed by atoms with Crippen molar-refractivity contribution in [2.45, 2.75) is 70.5 Å². The fourth-order valence-electron chi connectivity index (χ4n) is 3.90. The van der Waals surface area contributed by atoms with Gasteiger partial charge in [-0.3, -0.25) is 4.79 Å². The van der Waals surface area contributed by atoms with Crippen LogP contribution < -0.4 is 5.32 Å². The summed E-state index contributed by atoms with van der Waals surface area (Å²) in [6.07, 6.45) is 7.16. The minimum Gasteiger partial charge on any atom is -0.352 e. The first-order valence-corrected chi connectivity index (χ1v) is 11.0. The van der Waals surface area contributed by atoms with Gasteiger partial charge in [-0.2, -0.15) is 4.31 Å². The number of amides is 1. The lowest BCUT2D eigenvalue weighted by Crippen LogP contribution is -2.54. The molecule has 1 aliphatic carbocycles. The summed E-state index contributed by atoms with van der Waals surface area (Å²) in [5, 5.41) is 3.14. The Bertz CT molecular complexity index is 709. The van der Waals surface area contributed by atoms with Crippen LogP contribution in [0.25, 0.3) is 0 Å². The molecule has 1 atom stereocenters. The normalized spacial score (nSPS) is 22.8. The van der Waals surface area contributed by atoms with Gasteiger partial charge in [0.2, 0.25) is 15.9 Å². The number of carbonyl (C=O) groups is 1. The Morgan fingerprint density at radius 3 is 2.40 bits per heavy atom. The van der Waals surface area contributed by atoms with Gasteiger partial charge in [-0.15, -0.1) is 0 Å². The predicted molar refractivity (Wildman–Crippen MR) is 98.6 cm³/mol. The molecule has 0 aromatic heterocycles. The van der Waals surface area contributed by atoms with Gasteiger partial charge >= 0.3 is 0 Å². The van der Waals surface area contributed by atoms with Crippen LogP contribution in [-0.2, 0) is 27.8 Å². The average molecular weight is 365 g/mol. The lowest BCUT2D eigenvalue weighted by molar-refractivity contribution is -0.126. The van der Waals surface area contributed by atoms with E-state index in [0.29, 0.717) is 6.42 Å². The summed E-state index contributed by atoms with van der Waals surface area (Å²) in [6, 6.07) is 7.36. The topological polar surface area (TPSA) is 66.5 Å². The average Bonchev–Trinajstić information content (AvgIpc) is 2.89. The van der Waals surface area contributed by atoms with Crippen molar-refractivity contribution >= 4 is 15.9 Å². The van der Waals surface area contributed by atoms with E-state index in [4.69, 9.17) is 0 Å². The van der Waals surface area contributed by atoms with Gasteiger partial charge in [-0.25, -0.2) is 8.42 Å². The number of sulfonamides is 1. The van der Waals surface area contributed by atoms with Crippen molar-refractivity contribution in [3.8, 4) is 0 Å². The highest BCUT2D eigenvalue weighted by molar-refractivity contribution is 7.89. The van der Waals surface area contributed by atoms with Gasteiger partial charge in [-0.1, -0.05) is 49.9 Å². The summed E-state index contributed by atoms with van der Waals surface area (Å²) in [7, 11) is -3.43. The molecule has 1 aromatic rings. The van der Waals surface area contributed by atoms with E-state index in [1.54, 1.807) is 6.92 Å². The third-order valence-corrected chi connectivity index (χ3v) is 7.26. The SMILES string of the molecule is CCS(=O)(=O)N1Cc2ccccc2CC1C(=O)NC1CCCCCC1. The number of hydrogen-bond donors (Lipinski definition) is 1. The predicted octanol–water partition coefficient (Wildman–Crippen LogP) is 2.60. The maximum absolute atomic E-state index is 12.9. The van der Waals surface area contributed by atoms with Crippen molar-refractivity contribution in [2.75, 3.05) is 5.75 Å². The van der Waals surface area contributed by atoms with Gasteiger partial charge in [-0.05, 0) is 37.3 Å². The highest BCUT2D eigenvalue weighted by Gasteiger charge is 2.38. The molecule has 1 fully saturated rings. The minimum absolute atomic E-state index is 0.0162. The van der Waals surface area contributed by atoms with E-state index in [1.165, 1.54) is 17.1 Å². The van der Waals surface area contributed by atoms with E-state index in [-0.39, 0.29) is 24.2 Å². The van der Waals surface area contributed by atoms with Crippen LogP contribution in [0, 0.1) is 0 Å². The van der Waals surface area contributed by atoms with Crippen LogP contribution in [-0.4, -0.2) is 36.5 Å². The summed E-state index contributed by atoms with van der Waals surface area (Å²) in [5.74, 6) is -0.124. The van der Waals surface area contributed by atoms with E-state index in [0.717, 1.165) is 36.8 Å². The molecule has 1 aromatic carbocycles. The zero-order valence-electron chi connectivity index (χ0n) is 14.9. The fourth-order valence-corrected chi connectivity index (χ4v) is 5.13. The molecule has 1 aliphatic heterocycles. The fraction of sp³-hybridized carbons (Fsp3) is 0.632. The highest BCUT2D eigenvalue weighted by Crippen LogP contribution is 2.27. The van der Waals surface area contributed by atoms with Crippen LogP contribution in [0.3, 0.4) is 0 Å².